The maximum atomic E-state index is 12.7. The van der Waals surface area contributed by atoms with Gasteiger partial charge in [0, 0.05) is 5.56 Å². The van der Waals surface area contributed by atoms with Crippen molar-refractivity contribution in [2.45, 2.75) is 13.0 Å². The molecule has 0 radical (unpaired) electrons. The average Bonchev–Trinajstić information content (AvgIpc) is 2.72. The van der Waals surface area contributed by atoms with E-state index in [1.54, 1.807) is 12.1 Å². The number of carbonyl (C=O) groups is 2. The van der Waals surface area contributed by atoms with Crippen molar-refractivity contribution in [1.29, 1.82) is 0 Å². The number of carboxylic acid groups (broad SMARTS) is 1. The minimum absolute atomic E-state index is 0.00182. The molecular weight excluding hydrogens is 266 g/mol. The van der Waals surface area contributed by atoms with Crippen LogP contribution in [0.4, 0.5) is 5.69 Å². The van der Waals surface area contributed by atoms with Crippen molar-refractivity contribution in [3.05, 3.63) is 65.2 Å². The third-order valence-corrected chi connectivity index (χ3v) is 4.04. The lowest BCUT2D eigenvalue weighted by molar-refractivity contribution is -0.136. The molecule has 1 heterocycles. The molecule has 2 aromatic carbocycles. The molecule has 1 unspecified atom stereocenters. The fourth-order valence-corrected chi connectivity index (χ4v) is 2.87. The van der Waals surface area contributed by atoms with Crippen LogP contribution in [0.15, 0.2) is 48.5 Å². The van der Waals surface area contributed by atoms with E-state index >= 15 is 0 Å². The fraction of sp³-hybridized carbons (Fsp3) is 0.176. The lowest BCUT2D eigenvalue weighted by Gasteiger charge is -2.25. The van der Waals surface area contributed by atoms with Gasteiger partial charge in [0.25, 0.3) is 0 Å². The molecule has 0 saturated heterocycles. The molecule has 106 valence electrons. The zero-order valence-corrected chi connectivity index (χ0v) is 11.7. The first-order valence-electron chi connectivity index (χ1n) is 6.80. The molecule has 1 aliphatic rings. The lowest BCUT2D eigenvalue weighted by Crippen LogP contribution is -2.45. The van der Waals surface area contributed by atoms with Crippen LogP contribution in [0.2, 0.25) is 0 Å². The molecule has 0 aliphatic carbocycles. The Hall–Kier alpha value is -2.46. The van der Waals surface area contributed by atoms with Gasteiger partial charge in [-0.1, -0.05) is 30.3 Å². The normalized spacial score (nSPS) is 20.3. The molecule has 0 aromatic heterocycles. The molecule has 2 aromatic rings. The topological polar surface area (TPSA) is 54.4 Å². The summed E-state index contributed by atoms with van der Waals surface area (Å²) in [5, 5.41) is 8.80. The summed E-state index contributed by atoms with van der Waals surface area (Å²) < 4.78 is 0.201. The number of rotatable bonds is 3. The van der Waals surface area contributed by atoms with E-state index < -0.39 is 5.97 Å². The highest BCUT2D eigenvalue weighted by Crippen LogP contribution is 2.34. The van der Waals surface area contributed by atoms with Gasteiger partial charge in [0.1, 0.15) is 12.2 Å². The van der Waals surface area contributed by atoms with Crippen molar-refractivity contribution < 1.29 is 14.7 Å². The highest BCUT2D eigenvalue weighted by atomic mass is 16.4. The van der Waals surface area contributed by atoms with Gasteiger partial charge in [0.15, 0.2) is 0 Å². The van der Waals surface area contributed by atoms with Gasteiger partial charge >= 0.3 is 11.9 Å². The van der Waals surface area contributed by atoms with Crippen molar-refractivity contribution in [2.75, 3.05) is 7.05 Å². The lowest BCUT2D eigenvalue weighted by atomic mass is 10.1. The van der Waals surface area contributed by atoms with Crippen LogP contribution in [0, 0.1) is 0 Å². The number of fused-ring (bicyclic) bond motifs is 1. The molecule has 0 spiro atoms. The second kappa shape index (κ2) is 4.82. The Kier molecular flexibility index (Phi) is 3.11. The predicted molar refractivity (Wildman–Crippen MR) is 80.0 cm³/mol. The van der Waals surface area contributed by atoms with Gasteiger partial charge in [-0.2, -0.15) is 0 Å². The van der Waals surface area contributed by atoms with E-state index in [2.05, 4.69) is 0 Å². The molecule has 0 saturated carbocycles. The van der Waals surface area contributed by atoms with Gasteiger partial charge in [-0.05, 0) is 23.8 Å². The molecule has 3 rings (SSSR count). The van der Waals surface area contributed by atoms with Crippen LogP contribution in [-0.2, 0) is 17.8 Å². The predicted octanol–water partition coefficient (Wildman–Crippen LogP) is 2.60. The SMILES string of the molecule is C[N+]1(c2ccc(CC(=O)O)cc2)Cc2ccccc2C1=O. The zero-order chi connectivity index (χ0) is 15.0. The molecule has 1 aliphatic heterocycles. The van der Waals surface area contributed by atoms with E-state index in [1.807, 2.05) is 43.4 Å². The minimum Gasteiger partial charge on any atom is -0.481 e. The average molecular weight is 282 g/mol. The Morgan fingerprint density at radius 1 is 1.14 bits per heavy atom. The monoisotopic (exact) mass is 282 g/mol. The van der Waals surface area contributed by atoms with Crippen molar-refractivity contribution in [2.24, 2.45) is 0 Å². The highest BCUT2D eigenvalue weighted by molar-refractivity contribution is 6.05. The Bertz CT molecular complexity index is 721. The number of hydrogen-bond acceptors (Lipinski definition) is 2. The summed E-state index contributed by atoms with van der Waals surface area (Å²) in [4.78, 5) is 23.4. The van der Waals surface area contributed by atoms with Crippen LogP contribution in [0.3, 0.4) is 0 Å². The first kappa shape index (κ1) is 13.5. The first-order valence-corrected chi connectivity index (χ1v) is 6.80. The number of nitrogens with zero attached hydrogens (tertiary/aromatic N) is 1. The third-order valence-electron chi connectivity index (χ3n) is 4.04. The van der Waals surface area contributed by atoms with Crippen molar-refractivity contribution in [3.63, 3.8) is 0 Å². The summed E-state index contributed by atoms with van der Waals surface area (Å²) in [6.07, 6.45) is -0.00182. The molecule has 0 fully saturated rings. The van der Waals surface area contributed by atoms with Crippen molar-refractivity contribution >= 4 is 17.6 Å². The van der Waals surface area contributed by atoms with E-state index in [-0.39, 0.29) is 16.8 Å². The van der Waals surface area contributed by atoms with E-state index in [0.717, 1.165) is 22.4 Å². The molecular formula is C17H16NO3+. The van der Waals surface area contributed by atoms with Gasteiger partial charge in [0.2, 0.25) is 0 Å². The highest BCUT2D eigenvalue weighted by Gasteiger charge is 2.43. The number of quaternary nitrogens is 1. The maximum Gasteiger partial charge on any atom is 0.351 e. The molecule has 1 amide bonds. The smallest absolute Gasteiger partial charge is 0.351 e. The largest absolute Gasteiger partial charge is 0.481 e. The van der Waals surface area contributed by atoms with Crippen LogP contribution >= 0.6 is 0 Å². The van der Waals surface area contributed by atoms with Crippen LogP contribution in [-0.4, -0.2) is 24.0 Å². The van der Waals surface area contributed by atoms with Crippen LogP contribution < -0.4 is 4.48 Å². The Labute approximate surface area is 122 Å². The quantitative estimate of drug-likeness (QED) is 0.880. The second-order valence-corrected chi connectivity index (χ2v) is 5.55. The molecule has 4 nitrogen and oxygen atoms in total. The van der Waals surface area contributed by atoms with Crippen LogP contribution in [0.1, 0.15) is 21.5 Å². The third kappa shape index (κ3) is 2.23. The molecule has 1 N–H and O–H groups in total. The number of aliphatic carboxylic acids is 1. The minimum atomic E-state index is -0.854. The van der Waals surface area contributed by atoms with Gasteiger partial charge in [0.05, 0.1) is 19.0 Å². The zero-order valence-electron chi connectivity index (χ0n) is 11.7. The fourth-order valence-electron chi connectivity index (χ4n) is 2.87. The van der Waals surface area contributed by atoms with E-state index in [0.29, 0.717) is 6.54 Å². The first-order chi connectivity index (χ1) is 10.0. The summed E-state index contributed by atoms with van der Waals surface area (Å²) in [6, 6.07) is 14.9. The summed E-state index contributed by atoms with van der Waals surface area (Å²) in [7, 11) is 1.90. The number of benzene rings is 2. The summed E-state index contributed by atoms with van der Waals surface area (Å²) >= 11 is 0. The molecule has 0 bridgehead atoms. The Morgan fingerprint density at radius 2 is 1.81 bits per heavy atom. The molecule has 1 atom stereocenters. The maximum absolute atomic E-state index is 12.7. The Balaban J connectivity index is 1.94. The van der Waals surface area contributed by atoms with E-state index in [1.165, 1.54) is 0 Å². The van der Waals surface area contributed by atoms with Crippen molar-refractivity contribution in [3.8, 4) is 0 Å². The summed E-state index contributed by atoms with van der Waals surface area (Å²) in [5.41, 5.74) is 3.45. The number of carbonyl (C=O) groups excluding carboxylic acids is 1. The standard InChI is InChI=1S/C17H15NO3/c1-18(11-13-4-2-3-5-15(13)17(18)21)14-8-6-12(7-9-14)10-16(19)20/h2-9H,10-11H2,1H3/p+1. The van der Waals surface area contributed by atoms with Gasteiger partial charge < -0.3 is 5.11 Å². The van der Waals surface area contributed by atoms with Crippen LogP contribution in [0.25, 0.3) is 0 Å². The van der Waals surface area contributed by atoms with Gasteiger partial charge in [-0.3, -0.25) is 4.79 Å². The van der Waals surface area contributed by atoms with Crippen molar-refractivity contribution in [1.82, 2.24) is 4.48 Å². The van der Waals surface area contributed by atoms with Crippen LogP contribution in [0.5, 0.6) is 0 Å². The van der Waals surface area contributed by atoms with Gasteiger partial charge in [-0.25, -0.2) is 9.28 Å². The van der Waals surface area contributed by atoms with Gasteiger partial charge in [-0.15, -0.1) is 0 Å². The number of carboxylic acids is 1. The number of amides is 1. The summed E-state index contributed by atoms with van der Waals surface area (Å²) in [5.74, 6) is -0.774. The van der Waals surface area contributed by atoms with E-state index in [9.17, 15) is 9.59 Å². The molecule has 4 heteroatoms. The molecule has 21 heavy (non-hydrogen) atoms. The van der Waals surface area contributed by atoms with E-state index in [4.69, 9.17) is 5.11 Å². The Morgan fingerprint density at radius 3 is 2.43 bits per heavy atom. The second-order valence-electron chi connectivity index (χ2n) is 5.55. The summed E-state index contributed by atoms with van der Waals surface area (Å²) in [6.45, 7) is 0.632. The number of hydrogen-bond donors (Lipinski definition) is 1.